The molecule has 1 saturated heterocycles. The maximum Gasteiger partial charge on any atom is 0.238 e. The molecule has 6 heteroatoms. The Labute approximate surface area is 157 Å². The summed E-state index contributed by atoms with van der Waals surface area (Å²) in [5, 5.41) is 5.60. The number of aryl methyl sites for hydroxylation is 3. The van der Waals surface area contributed by atoms with E-state index in [0.717, 1.165) is 28.1 Å². The van der Waals surface area contributed by atoms with Crippen molar-refractivity contribution >= 4 is 40.1 Å². The molecule has 5 nitrogen and oxygen atoms in total. The number of amides is 2. The van der Waals surface area contributed by atoms with E-state index in [9.17, 15) is 9.59 Å². The van der Waals surface area contributed by atoms with E-state index in [1.54, 1.807) is 0 Å². The van der Waals surface area contributed by atoms with Crippen LogP contribution in [0.2, 0.25) is 0 Å². The van der Waals surface area contributed by atoms with E-state index in [1.807, 2.05) is 63.2 Å². The molecule has 1 aliphatic heterocycles. The second-order valence-electron chi connectivity index (χ2n) is 6.48. The second-order valence-corrected chi connectivity index (χ2v) is 7.67. The van der Waals surface area contributed by atoms with Crippen LogP contribution in [0.3, 0.4) is 0 Å². The van der Waals surface area contributed by atoms with Gasteiger partial charge in [-0.2, -0.15) is 0 Å². The summed E-state index contributed by atoms with van der Waals surface area (Å²) in [7, 11) is 0. The predicted octanol–water partition coefficient (Wildman–Crippen LogP) is 3.86. The fraction of sp³-hybridized carbons (Fsp3) is 0.250. The molecule has 0 aromatic heterocycles. The molecule has 134 valence electrons. The van der Waals surface area contributed by atoms with Crippen molar-refractivity contribution in [2.75, 3.05) is 5.32 Å². The average molecular weight is 367 g/mol. The number of nitrogens with one attached hydrogen (secondary N) is 2. The minimum Gasteiger partial charge on any atom is -0.325 e. The number of thioether (sulfide) groups is 1. The number of carbonyl (C=O) groups is 2. The fourth-order valence-electron chi connectivity index (χ4n) is 2.75. The number of nitrogens with zero attached hydrogens (tertiary/aromatic N) is 1. The highest BCUT2D eigenvalue weighted by atomic mass is 32.2. The molecule has 2 aromatic rings. The quantitative estimate of drug-likeness (QED) is 0.865. The highest BCUT2D eigenvalue weighted by molar-refractivity contribution is 8.15. The van der Waals surface area contributed by atoms with Crippen LogP contribution in [0.1, 0.15) is 23.1 Å². The van der Waals surface area contributed by atoms with Gasteiger partial charge >= 0.3 is 0 Å². The van der Waals surface area contributed by atoms with Crippen LogP contribution in [0, 0.1) is 20.8 Å². The molecule has 1 aliphatic rings. The van der Waals surface area contributed by atoms with Gasteiger partial charge in [0.25, 0.3) is 0 Å². The molecule has 2 N–H and O–H groups in total. The van der Waals surface area contributed by atoms with E-state index in [0.29, 0.717) is 5.17 Å². The molecule has 2 amide bonds. The Bertz CT molecular complexity index is 855. The summed E-state index contributed by atoms with van der Waals surface area (Å²) < 4.78 is 0. The summed E-state index contributed by atoms with van der Waals surface area (Å²) in [6.07, 6.45) is 0.133. The van der Waals surface area contributed by atoms with Crippen LogP contribution in [-0.2, 0) is 9.59 Å². The molecule has 1 atom stereocenters. The van der Waals surface area contributed by atoms with E-state index in [4.69, 9.17) is 0 Å². The van der Waals surface area contributed by atoms with Gasteiger partial charge in [-0.15, -0.1) is 0 Å². The Morgan fingerprint density at radius 2 is 1.73 bits per heavy atom. The van der Waals surface area contributed by atoms with Crippen LogP contribution in [0.15, 0.2) is 47.5 Å². The second kappa shape index (κ2) is 7.74. The van der Waals surface area contributed by atoms with E-state index < -0.39 is 5.25 Å². The number of carbonyl (C=O) groups excluding carboxylic acids is 2. The standard InChI is InChI=1S/C20H21N3O2S/c1-12-4-6-15(7-5-12)22-20-23-18(24)11-17(26-20)19(25)21-16-9-13(2)8-14(3)10-16/h4-10,17H,11H2,1-3H3,(H,21,25)(H,22,23,24)/t17-/m1/s1. The van der Waals surface area contributed by atoms with Crippen LogP contribution >= 0.6 is 11.8 Å². The highest BCUT2D eigenvalue weighted by Crippen LogP contribution is 2.25. The maximum absolute atomic E-state index is 12.6. The van der Waals surface area contributed by atoms with E-state index in [2.05, 4.69) is 15.6 Å². The third-order valence-electron chi connectivity index (χ3n) is 3.92. The molecule has 3 rings (SSSR count). The van der Waals surface area contributed by atoms with Crippen molar-refractivity contribution in [2.45, 2.75) is 32.4 Å². The number of amidine groups is 1. The van der Waals surface area contributed by atoms with E-state index in [-0.39, 0.29) is 18.2 Å². The molecule has 0 unspecified atom stereocenters. The van der Waals surface area contributed by atoms with E-state index >= 15 is 0 Å². The summed E-state index contributed by atoms with van der Waals surface area (Å²) >= 11 is 1.28. The van der Waals surface area contributed by atoms with Crippen molar-refractivity contribution in [3.8, 4) is 0 Å². The summed E-state index contributed by atoms with van der Waals surface area (Å²) in [6, 6.07) is 13.6. The third-order valence-corrected chi connectivity index (χ3v) is 5.00. The summed E-state index contributed by atoms with van der Waals surface area (Å²) in [6.45, 7) is 5.97. The number of aliphatic imine (C=N–C) groups is 1. The fourth-order valence-corrected chi connectivity index (χ4v) is 3.75. The first kappa shape index (κ1) is 18.2. The van der Waals surface area contributed by atoms with Gasteiger partial charge in [0, 0.05) is 12.1 Å². The number of hydrogen-bond acceptors (Lipinski definition) is 4. The molecule has 0 spiro atoms. The normalized spacial score (nSPS) is 18.5. The zero-order chi connectivity index (χ0) is 18.7. The van der Waals surface area contributed by atoms with Crippen molar-refractivity contribution in [3.05, 3.63) is 59.2 Å². The zero-order valence-electron chi connectivity index (χ0n) is 15.0. The first-order chi connectivity index (χ1) is 12.4. The van der Waals surface area contributed by atoms with Crippen molar-refractivity contribution in [1.29, 1.82) is 0 Å². The smallest absolute Gasteiger partial charge is 0.238 e. The molecular formula is C20H21N3O2S. The SMILES string of the molecule is Cc1ccc(N=C2NC(=O)C[C@H](C(=O)Nc3cc(C)cc(C)c3)S2)cc1. The Kier molecular flexibility index (Phi) is 5.42. The molecular weight excluding hydrogens is 346 g/mol. The van der Waals surface area contributed by atoms with Gasteiger partial charge in [-0.25, -0.2) is 4.99 Å². The molecule has 0 radical (unpaired) electrons. The Morgan fingerprint density at radius 1 is 1.08 bits per heavy atom. The predicted molar refractivity (Wildman–Crippen MR) is 107 cm³/mol. The van der Waals surface area contributed by atoms with Crippen molar-refractivity contribution < 1.29 is 9.59 Å². The van der Waals surface area contributed by atoms with Crippen LogP contribution in [-0.4, -0.2) is 22.2 Å². The van der Waals surface area contributed by atoms with Gasteiger partial charge < -0.3 is 10.6 Å². The van der Waals surface area contributed by atoms with Crippen molar-refractivity contribution in [1.82, 2.24) is 5.32 Å². The molecule has 0 bridgehead atoms. The maximum atomic E-state index is 12.6. The summed E-state index contributed by atoms with van der Waals surface area (Å²) in [5.74, 6) is -0.387. The Morgan fingerprint density at radius 3 is 2.38 bits per heavy atom. The minimum atomic E-state index is -0.506. The molecule has 1 fully saturated rings. The Balaban J connectivity index is 1.73. The monoisotopic (exact) mass is 367 g/mol. The van der Waals surface area contributed by atoms with Crippen LogP contribution in [0.4, 0.5) is 11.4 Å². The van der Waals surface area contributed by atoms with Gasteiger partial charge in [-0.1, -0.05) is 35.5 Å². The molecule has 0 saturated carbocycles. The number of anilines is 1. The van der Waals surface area contributed by atoms with Crippen LogP contribution in [0.5, 0.6) is 0 Å². The molecule has 1 heterocycles. The first-order valence-electron chi connectivity index (χ1n) is 8.40. The molecule has 2 aromatic carbocycles. The van der Waals surface area contributed by atoms with Gasteiger partial charge in [0.05, 0.1) is 5.69 Å². The number of rotatable bonds is 3. The van der Waals surface area contributed by atoms with Gasteiger partial charge in [-0.3, -0.25) is 9.59 Å². The topological polar surface area (TPSA) is 70.6 Å². The largest absolute Gasteiger partial charge is 0.325 e. The lowest BCUT2D eigenvalue weighted by atomic mass is 10.1. The zero-order valence-corrected chi connectivity index (χ0v) is 15.8. The average Bonchev–Trinajstić information content (AvgIpc) is 2.55. The summed E-state index contributed by atoms with van der Waals surface area (Å²) in [4.78, 5) is 29.1. The Hall–Kier alpha value is -2.60. The van der Waals surface area contributed by atoms with E-state index in [1.165, 1.54) is 11.8 Å². The minimum absolute atomic E-state index is 0.133. The van der Waals surface area contributed by atoms with Gasteiger partial charge in [0.15, 0.2) is 5.17 Å². The van der Waals surface area contributed by atoms with Crippen LogP contribution in [0.25, 0.3) is 0 Å². The van der Waals surface area contributed by atoms with Crippen LogP contribution < -0.4 is 10.6 Å². The lowest BCUT2D eigenvalue weighted by Gasteiger charge is -2.22. The summed E-state index contributed by atoms with van der Waals surface area (Å²) in [5.41, 5.74) is 4.79. The first-order valence-corrected chi connectivity index (χ1v) is 9.28. The number of hydrogen-bond donors (Lipinski definition) is 2. The van der Waals surface area contributed by atoms with Gasteiger partial charge in [0.1, 0.15) is 5.25 Å². The van der Waals surface area contributed by atoms with Crippen molar-refractivity contribution in [2.24, 2.45) is 4.99 Å². The molecule has 0 aliphatic carbocycles. The third kappa shape index (κ3) is 4.73. The lowest BCUT2D eigenvalue weighted by molar-refractivity contribution is -0.123. The van der Waals surface area contributed by atoms with Gasteiger partial charge in [-0.05, 0) is 56.2 Å². The van der Waals surface area contributed by atoms with Crippen molar-refractivity contribution in [3.63, 3.8) is 0 Å². The molecule has 26 heavy (non-hydrogen) atoms. The highest BCUT2D eigenvalue weighted by Gasteiger charge is 2.30. The van der Waals surface area contributed by atoms with Gasteiger partial charge in [0.2, 0.25) is 11.8 Å². The lowest BCUT2D eigenvalue weighted by Crippen LogP contribution is -2.41. The number of benzene rings is 2.